The summed E-state index contributed by atoms with van der Waals surface area (Å²) in [7, 11) is 0. The number of carbonyl (C=O) groups is 1. The molecule has 1 aromatic heterocycles. The van der Waals surface area contributed by atoms with Gasteiger partial charge < -0.3 is 5.73 Å². The van der Waals surface area contributed by atoms with Gasteiger partial charge in [-0.3, -0.25) is 4.79 Å². The summed E-state index contributed by atoms with van der Waals surface area (Å²) in [6.45, 7) is 4.45. The zero-order valence-electron chi connectivity index (χ0n) is 19.2. The fourth-order valence-electron chi connectivity index (χ4n) is 4.24. The summed E-state index contributed by atoms with van der Waals surface area (Å²) in [5.74, 6) is -0.452. The van der Waals surface area contributed by atoms with E-state index in [0.717, 1.165) is 11.9 Å². The maximum absolute atomic E-state index is 11.6. The molecule has 1 atom stereocenters. The Labute approximate surface area is 182 Å². The largest absolute Gasteiger partial charge is 0.366 e. The molecule has 1 heterocycles. The molecule has 0 aliphatic rings. The highest BCUT2D eigenvalue weighted by atomic mass is 16.1. The second kappa shape index (κ2) is 14.2. The standard InChI is InChI=1S/C25H42N4O/c1-3-4-5-6-7-8-9-10-11-12-13-14-15-16-18-21(2)29-23-20-17-19-22(25(26)30)24(23)27-28-29/h17,19-21H,3-16,18H2,1-2H3,(H2,26,30). The topological polar surface area (TPSA) is 73.8 Å². The van der Waals surface area contributed by atoms with Crippen LogP contribution in [0.3, 0.4) is 0 Å². The van der Waals surface area contributed by atoms with Crippen LogP contribution in [0.2, 0.25) is 0 Å². The summed E-state index contributed by atoms with van der Waals surface area (Å²) in [5.41, 5.74) is 7.39. The van der Waals surface area contributed by atoms with E-state index in [1.54, 1.807) is 6.07 Å². The van der Waals surface area contributed by atoms with E-state index in [1.807, 2.05) is 16.8 Å². The van der Waals surface area contributed by atoms with Gasteiger partial charge in [0, 0.05) is 0 Å². The zero-order chi connectivity index (χ0) is 21.6. The number of nitrogens with zero attached hydrogens (tertiary/aromatic N) is 3. The summed E-state index contributed by atoms with van der Waals surface area (Å²) >= 11 is 0. The van der Waals surface area contributed by atoms with Crippen molar-refractivity contribution in [3.8, 4) is 0 Å². The predicted octanol–water partition coefficient (Wildman–Crippen LogP) is 6.96. The fraction of sp³-hybridized carbons (Fsp3) is 0.720. The summed E-state index contributed by atoms with van der Waals surface area (Å²) in [6, 6.07) is 5.79. The van der Waals surface area contributed by atoms with Crippen LogP contribution in [0.4, 0.5) is 0 Å². The van der Waals surface area contributed by atoms with E-state index in [0.29, 0.717) is 11.1 Å². The predicted molar refractivity (Wildman–Crippen MR) is 126 cm³/mol. The first-order chi connectivity index (χ1) is 14.6. The third-order valence-electron chi connectivity index (χ3n) is 6.16. The highest BCUT2D eigenvalue weighted by molar-refractivity contribution is 6.03. The molecule has 5 nitrogen and oxygen atoms in total. The van der Waals surface area contributed by atoms with Gasteiger partial charge in [-0.2, -0.15) is 0 Å². The third kappa shape index (κ3) is 8.08. The summed E-state index contributed by atoms with van der Waals surface area (Å²) in [5, 5.41) is 8.47. The number of hydrogen-bond acceptors (Lipinski definition) is 3. The fourth-order valence-corrected chi connectivity index (χ4v) is 4.24. The van der Waals surface area contributed by atoms with Crippen LogP contribution >= 0.6 is 0 Å². The molecule has 2 aromatic rings. The number of rotatable bonds is 17. The molecule has 0 radical (unpaired) electrons. The molecule has 5 heteroatoms. The molecular weight excluding hydrogens is 372 g/mol. The van der Waals surface area contributed by atoms with E-state index in [1.165, 1.54) is 89.9 Å². The molecule has 2 rings (SSSR count). The number of amides is 1. The van der Waals surface area contributed by atoms with Gasteiger partial charge in [0.1, 0.15) is 5.52 Å². The molecule has 1 amide bonds. The number of hydrogen-bond donors (Lipinski definition) is 1. The molecule has 0 aliphatic carbocycles. The van der Waals surface area contributed by atoms with Crippen LogP contribution in [0, 0.1) is 0 Å². The first kappa shape index (κ1) is 24.4. The number of fused-ring (bicyclic) bond motifs is 1. The highest BCUT2D eigenvalue weighted by Gasteiger charge is 2.15. The lowest BCUT2D eigenvalue weighted by Gasteiger charge is -2.12. The number of aromatic nitrogens is 3. The van der Waals surface area contributed by atoms with Crippen LogP contribution in [-0.2, 0) is 0 Å². The molecule has 1 unspecified atom stereocenters. The lowest BCUT2D eigenvalue weighted by Crippen LogP contribution is -2.11. The normalized spacial score (nSPS) is 12.5. The lowest BCUT2D eigenvalue weighted by molar-refractivity contribution is 0.100. The quantitative estimate of drug-likeness (QED) is 0.284. The molecule has 0 aliphatic heterocycles. The first-order valence-electron chi connectivity index (χ1n) is 12.3. The van der Waals surface area contributed by atoms with Crippen molar-refractivity contribution in [3.63, 3.8) is 0 Å². The van der Waals surface area contributed by atoms with Crippen molar-refractivity contribution >= 4 is 16.9 Å². The van der Waals surface area contributed by atoms with E-state index in [-0.39, 0.29) is 6.04 Å². The van der Waals surface area contributed by atoms with Crippen LogP contribution in [0.25, 0.3) is 11.0 Å². The molecule has 0 saturated heterocycles. The SMILES string of the molecule is CCCCCCCCCCCCCCCCC(C)n1nnc2c(C(N)=O)cccc21. The lowest BCUT2D eigenvalue weighted by atomic mass is 10.0. The van der Waals surface area contributed by atoms with E-state index in [4.69, 9.17) is 5.73 Å². The van der Waals surface area contributed by atoms with E-state index in [9.17, 15) is 4.79 Å². The molecule has 168 valence electrons. The van der Waals surface area contributed by atoms with Gasteiger partial charge in [0.05, 0.1) is 17.1 Å². The van der Waals surface area contributed by atoms with Gasteiger partial charge in [0.2, 0.25) is 0 Å². The van der Waals surface area contributed by atoms with Gasteiger partial charge in [-0.15, -0.1) is 5.10 Å². The Kier molecular flexibility index (Phi) is 11.5. The van der Waals surface area contributed by atoms with Gasteiger partial charge in [0.15, 0.2) is 0 Å². The third-order valence-corrected chi connectivity index (χ3v) is 6.16. The molecule has 2 N–H and O–H groups in total. The Morgan fingerprint density at radius 2 is 1.43 bits per heavy atom. The van der Waals surface area contributed by atoms with Gasteiger partial charge in [0.25, 0.3) is 5.91 Å². The number of carbonyl (C=O) groups excluding carboxylic acids is 1. The van der Waals surface area contributed by atoms with E-state index < -0.39 is 5.91 Å². The summed E-state index contributed by atoms with van der Waals surface area (Å²) in [4.78, 5) is 11.6. The van der Waals surface area contributed by atoms with Crippen molar-refractivity contribution in [3.05, 3.63) is 23.8 Å². The smallest absolute Gasteiger partial charge is 0.251 e. The van der Waals surface area contributed by atoms with Crippen molar-refractivity contribution in [1.82, 2.24) is 15.0 Å². The summed E-state index contributed by atoms with van der Waals surface area (Å²) in [6.07, 6.45) is 20.3. The maximum atomic E-state index is 11.6. The van der Waals surface area contributed by atoms with Gasteiger partial charge in [-0.1, -0.05) is 108 Å². The van der Waals surface area contributed by atoms with Crippen LogP contribution in [-0.4, -0.2) is 20.9 Å². The Morgan fingerprint density at radius 3 is 1.97 bits per heavy atom. The second-order valence-corrected chi connectivity index (χ2v) is 8.81. The molecule has 30 heavy (non-hydrogen) atoms. The molecule has 0 bridgehead atoms. The van der Waals surface area contributed by atoms with Gasteiger partial charge in [-0.05, 0) is 25.5 Å². The van der Waals surface area contributed by atoms with Gasteiger partial charge >= 0.3 is 0 Å². The number of benzene rings is 1. The minimum atomic E-state index is -0.452. The van der Waals surface area contributed by atoms with Crippen LogP contribution in [0.1, 0.15) is 127 Å². The highest BCUT2D eigenvalue weighted by Crippen LogP contribution is 2.22. The molecule has 0 fully saturated rings. The average molecular weight is 415 g/mol. The molecule has 0 spiro atoms. The minimum absolute atomic E-state index is 0.274. The van der Waals surface area contributed by atoms with Crippen LogP contribution in [0.5, 0.6) is 0 Å². The average Bonchev–Trinajstić information content (AvgIpc) is 3.18. The van der Waals surface area contributed by atoms with Crippen molar-refractivity contribution in [2.24, 2.45) is 5.73 Å². The van der Waals surface area contributed by atoms with Crippen molar-refractivity contribution < 1.29 is 4.79 Å². The monoisotopic (exact) mass is 414 g/mol. The van der Waals surface area contributed by atoms with Crippen LogP contribution < -0.4 is 5.73 Å². The second-order valence-electron chi connectivity index (χ2n) is 8.81. The first-order valence-corrected chi connectivity index (χ1v) is 12.3. The molecule has 1 aromatic carbocycles. The van der Waals surface area contributed by atoms with Crippen molar-refractivity contribution in [2.45, 2.75) is 116 Å². The zero-order valence-corrected chi connectivity index (χ0v) is 19.2. The number of nitrogens with two attached hydrogens (primary N) is 1. The van der Waals surface area contributed by atoms with Crippen molar-refractivity contribution in [2.75, 3.05) is 0 Å². The van der Waals surface area contributed by atoms with E-state index >= 15 is 0 Å². The van der Waals surface area contributed by atoms with Crippen LogP contribution in [0.15, 0.2) is 18.2 Å². The Balaban J connectivity index is 1.53. The Morgan fingerprint density at radius 1 is 0.900 bits per heavy atom. The number of primary amides is 1. The van der Waals surface area contributed by atoms with E-state index in [2.05, 4.69) is 24.2 Å². The Bertz CT molecular complexity index is 740. The molecular formula is C25H42N4O. The van der Waals surface area contributed by atoms with Crippen molar-refractivity contribution in [1.29, 1.82) is 0 Å². The van der Waals surface area contributed by atoms with Gasteiger partial charge in [-0.25, -0.2) is 4.68 Å². The Hall–Kier alpha value is -1.91. The maximum Gasteiger partial charge on any atom is 0.251 e. The summed E-state index contributed by atoms with van der Waals surface area (Å²) < 4.78 is 1.93. The molecule has 0 saturated carbocycles. The number of unbranched alkanes of at least 4 members (excludes halogenated alkanes) is 13. The minimum Gasteiger partial charge on any atom is -0.366 e.